The van der Waals surface area contributed by atoms with E-state index in [2.05, 4.69) is 47.8 Å². The molecule has 1 aromatic heterocycles. The van der Waals surface area contributed by atoms with E-state index in [-0.39, 0.29) is 6.61 Å². The Bertz CT molecular complexity index is 531. The lowest BCUT2D eigenvalue weighted by molar-refractivity contribution is 0.280. The van der Waals surface area contributed by atoms with Crippen molar-refractivity contribution in [2.24, 2.45) is 0 Å². The summed E-state index contributed by atoms with van der Waals surface area (Å²) in [6, 6.07) is 5.74. The normalized spacial score (nSPS) is 10.7. The molecule has 2 nitrogen and oxygen atoms in total. The smallest absolute Gasteiger partial charge is 0.148 e. The van der Waals surface area contributed by atoms with Gasteiger partial charge in [0.25, 0.3) is 0 Å². The molecule has 0 atom stereocenters. The molecule has 0 bridgehead atoms. The zero-order chi connectivity index (χ0) is 13.1. The molecule has 0 aliphatic heterocycles. The van der Waals surface area contributed by atoms with Crippen LogP contribution in [0.5, 0.6) is 5.75 Å². The molecule has 0 saturated carbocycles. The van der Waals surface area contributed by atoms with Gasteiger partial charge < -0.3 is 9.84 Å². The van der Waals surface area contributed by atoms with E-state index in [9.17, 15) is 0 Å². The average molecular weight is 457 g/mol. The second-order valence-electron chi connectivity index (χ2n) is 3.57. The van der Waals surface area contributed by atoms with Crippen LogP contribution in [0.1, 0.15) is 10.4 Å². The Morgan fingerprint density at radius 1 is 1.11 bits per heavy atom. The molecule has 0 aliphatic rings. The standard InChI is InChI=1S/C12H9Br3O2S/c13-8-3-9(18-6-8)5-17-12-10(14)1-7(4-16)2-11(12)15/h1-3,6,16H,4-5H2. The summed E-state index contributed by atoms with van der Waals surface area (Å²) in [5.41, 5.74) is 0.833. The van der Waals surface area contributed by atoms with E-state index in [1.54, 1.807) is 11.3 Å². The van der Waals surface area contributed by atoms with Gasteiger partial charge in [0.1, 0.15) is 12.4 Å². The van der Waals surface area contributed by atoms with Crippen LogP contribution in [0.3, 0.4) is 0 Å². The van der Waals surface area contributed by atoms with E-state index in [1.807, 2.05) is 23.6 Å². The van der Waals surface area contributed by atoms with Crippen molar-refractivity contribution in [2.45, 2.75) is 13.2 Å². The van der Waals surface area contributed by atoms with E-state index < -0.39 is 0 Å². The van der Waals surface area contributed by atoms with Crippen LogP contribution >= 0.6 is 59.1 Å². The number of aliphatic hydroxyl groups excluding tert-OH is 1. The molecule has 0 amide bonds. The van der Waals surface area contributed by atoms with Crippen molar-refractivity contribution in [3.8, 4) is 5.75 Å². The van der Waals surface area contributed by atoms with Gasteiger partial charge in [-0.15, -0.1) is 11.3 Å². The molecule has 1 heterocycles. The summed E-state index contributed by atoms with van der Waals surface area (Å²) in [5.74, 6) is 0.747. The highest BCUT2D eigenvalue weighted by Crippen LogP contribution is 2.35. The van der Waals surface area contributed by atoms with Gasteiger partial charge in [-0.05, 0) is 71.6 Å². The van der Waals surface area contributed by atoms with Crippen molar-refractivity contribution in [1.82, 2.24) is 0 Å². The van der Waals surface area contributed by atoms with Gasteiger partial charge in [-0.1, -0.05) is 0 Å². The molecule has 1 N–H and O–H groups in total. The Morgan fingerprint density at radius 2 is 1.78 bits per heavy atom. The van der Waals surface area contributed by atoms with Gasteiger partial charge in [-0.2, -0.15) is 0 Å². The highest BCUT2D eigenvalue weighted by molar-refractivity contribution is 9.11. The van der Waals surface area contributed by atoms with Gasteiger partial charge >= 0.3 is 0 Å². The zero-order valence-electron chi connectivity index (χ0n) is 9.12. The average Bonchev–Trinajstić information content (AvgIpc) is 2.73. The van der Waals surface area contributed by atoms with Crippen LogP contribution in [0, 0.1) is 0 Å². The van der Waals surface area contributed by atoms with Crippen molar-refractivity contribution in [1.29, 1.82) is 0 Å². The number of ether oxygens (including phenoxy) is 1. The molecular formula is C12H9Br3O2S. The number of thiophene rings is 1. The molecule has 6 heteroatoms. The van der Waals surface area contributed by atoms with E-state index in [1.165, 1.54) is 0 Å². The zero-order valence-corrected chi connectivity index (χ0v) is 14.7. The maximum absolute atomic E-state index is 9.10. The lowest BCUT2D eigenvalue weighted by atomic mass is 10.2. The van der Waals surface area contributed by atoms with E-state index in [0.717, 1.165) is 29.6 Å². The van der Waals surface area contributed by atoms with Crippen LogP contribution < -0.4 is 4.74 Å². The molecule has 1 aromatic carbocycles. The fourth-order valence-corrected chi connectivity index (χ4v) is 4.29. The first-order valence-corrected chi connectivity index (χ1v) is 8.30. The van der Waals surface area contributed by atoms with Crippen LogP contribution in [-0.2, 0) is 13.2 Å². The Kier molecular flexibility index (Phi) is 5.26. The third kappa shape index (κ3) is 3.57. The van der Waals surface area contributed by atoms with Crippen molar-refractivity contribution in [3.63, 3.8) is 0 Å². The lowest BCUT2D eigenvalue weighted by Crippen LogP contribution is -1.96. The Morgan fingerprint density at radius 3 is 2.28 bits per heavy atom. The first-order valence-electron chi connectivity index (χ1n) is 5.04. The minimum absolute atomic E-state index is 0.00928. The van der Waals surface area contributed by atoms with E-state index in [4.69, 9.17) is 9.84 Å². The molecule has 96 valence electrons. The largest absolute Gasteiger partial charge is 0.486 e. The molecule has 2 aromatic rings. The van der Waals surface area contributed by atoms with Crippen LogP contribution in [0.25, 0.3) is 0 Å². The molecule has 18 heavy (non-hydrogen) atoms. The fraction of sp³-hybridized carbons (Fsp3) is 0.167. The maximum Gasteiger partial charge on any atom is 0.148 e. The summed E-state index contributed by atoms with van der Waals surface area (Å²) < 4.78 is 8.51. The Labute approximate surface area is 134 Å². The molecule has 0 saturated heterocycles. The van der Waals surface area contributed by atoms with Crippen molar-refractivity contribution in [3.05, 3.63) is 47.4 Å². The van der Waals surface area contributed by atoms with E-state index in [0.29, 0.717) is 6.61 Å². The van der Waals surface area contributed by atoms with Crippen LogP contribution in [-0.4, -0.2) is 5.11 Å². The van der Waals surface area contributed by atoms with Gasteiger partial charge in [0.15, 0.2) is 0 Å². The number of aliphatic hydroxyl groups is 1. The second kappa shape index (κ2) is 6.52. The monoisotopic (exact) mass is 454 g/mol. The first-order chi connectivity index (χ1) is 8.60. The third-order valence-corrected chi connectivity index (χ3v) is 5.07. The number of hydrogen-bond acceptors (Lipinski definition) is 3. The first kappa shape index (κ1) is 14.5. The lowest BCUT2D eigenvalue weighted by Gasteiger charge is -2.10. The third-order valence-electron chi connectivity index (χ3n) is 2.22. The topological polar surface area (TPSA) is 29.5 Å². The van der Waals surface area contributed by atoms with Crippen molar-refractivity contribution >= 4 is 59.1 Å². The summed E-state index contributed by atoms with van der Waals surface area (Å²) in [6.45, 7) is 0.529. The predicted octanol–water partition coefficient (Wildman–Crippen LogP) is 5.11. The van der Waals surface area contributed by atoms with Crippen molar-refractivity contribution < 1.29 is 9.84 Å². The van der Waals surface area contributed by atoms with Gasteiger partial charge in [0, 0.05) is 14.7 Å². The van der Waals surface area contributed by atoms with Crippen molar-refractivity contribution in [2.75, 3.05) is 0 Å². The van der Waals surface area contributed by atoms with Crippen LogP contribution in [0.15, 0.2) is 37.0 Å². The summed E-state index contributed by atoms with van der Waals surface area (Å²) >= 11 is 12.0. The quantitative estimate of drug-likeness (QED) is 0.693. The molecule has 0 radical (unpaired) electrons. The molecule has 2 rings (SSSR count). The predicted molar refractivity (Wildman–Crippen MR) is 84.1 cm³/mol. The number of rotatable bonds is 4. The van der Waals surface area contributed by atoms with E-state index >= 15 is 0 Å². The molecule has 0 aliphatic carbocycles. The molecular weight excluding hydrogens is 448 g/mol. The number of halogens is 3. The minimum atomic E-state index is 0.00928. The Hall–Kier alpha value is 0.120. The highest BCUT2D eigenvalue weighted by Gasteiger charge is 2.09. The summed E-state index contributed by atoms with van der Waals surface area (Å²) in [4.78, 5) is 1.15. The number of benzene rings is 1. The molecule has 0 unspecified atom stereocenters. The Balaban J connectivity index is 2.14. The van der Waals surface area contributed by atoms with Gasteiger partial charge in [-0.25, -0.2) is 0 Å². The minimum Gasteiger partial charge on any atom is -0.486 e. The summed E-state index contributed by atoms with van der Waals surface area (Å²) in [7, 11) is 0. The molecule has 0 fully saturated rings. The molecule has 0 spiro atoms. The van der Waals surface area contributed by atoms with Gasteiger partial charge in [0.05, 0.1) is 15.6 Å². The maximum atomic E-state index is 9.10. The number of hydrogen-bond donors (Lipinski definition) is 1. The van der Waals surface area contributed by atoms with Crippen LogP contribution in [0.2, 0.25) is 0 Å². The van der Waals surface area contributed by atoms with Gasteiger partial charge in [0.2, 0.25) is 0 Å². The fourth-order valence-electron chi connectivity index (χ4n) is 1.41. The van der Waals surface area contributed by atoms with Crippen LogP contribution in [0.4, 0.5) is 0 Å². The van der Waals surface area contributed by atoms with Gasteiger partial charge in [-0.3, -0.25) is 0 Å². The second-order valence-corrected chi connectivity index (χ2v) is 7.19. The summed E-state index contributed by atoms with van der Waals surface area (Å²) in [5, 5.41) is 11.1. The SMILES string of the molecule is OCc1cc(Br)c(OCc2cc(Br)cs2)c(Br)c1. The highest BCUT2D eigenvalue weighted by atomic mass is 79.9. The summed E-state index contributed by atoms with van der Waals surface area (Å²) in [6.07, 6.45) is 0.